The van der Waals surface area contributed by atoms with Crippen LogP contribution >= 0.6 is 0 Å². The van der Waals surface area contributed by atoms with E-state index < -0.39 is 12.1 Å². The predicted octanol–water partition coefficient (Wildman–Crippen LogP) is 1.68. The number of nitrogens with one attached hydrogen (secondary N) is 1. The van der Waals surface area contributed by atoms with Gasteiger partial charge < -0.3 is 15.2 Å². The van der Waals surface area contributed by atoms with Crippen molar-refractivity contribution in [1.29, 1.82) is 0 Å². The summed E-state index contributed by atoms with van der Waals surface area (Å²) in [5, 5.41) is 19.1. The molecule has 0 saturated heterocycles. The van der Waals surface area contributed by atoms with Gasteiger partial charge in [-0.25, -0.2) is 0 Å². The van der Waals surface area contributed by atoms with E-state index in [4.69, 9.17) is 5.11 Å². The summed E-state index contributed by atoms with van der Waals surface area (Å²) < 4.78 is 0. The zero-order valence-electron chi connectivity index (χ0n) is 7.97. The smallest absolute Gasteiger partial charge is 0.306 e. The highest BCUT2D eigenvalue weighted by Crippen LogP contribution is 2.21. The van der Waals surface area contributed by atoms with E-state index in [1.807, 2.05) is 24.3 Å². The normalized spacial score (nSPS) is 12.9. The van der Waals surface area contributed by atoms with E-state index in [0.29, 0.717) is 5.69 Å². The van der Waals surface area contributed by atoms with Crippen molar-refractivity contribution < 1.29 is 15.0 Å². The maximum Gasteiger partial charge on any atom is 0.306 e. The molecule has 1 aromatic heterocycles. The summed E-state index contributed by atoms with van der Waals surface area (Å²) in [5.74, 6) is -1.01. The summed E-state index contributed by atoms with van der Waals surface area (Å²) >= 11 is 0. The first kappa shape index (κ1) is 9.73. The van der Waals surface area contributed by atoms with E-state index >= 15 is 0 Å². The van der Waals surface area contributed by atoms with Crippen molar-refractivity contribution in [2.45, 2.75) is 12.5 Å². The summed E-state index contributed by atoms with van der Waals surface area (Å²) in [4.78, 5) is 13.4. The molecule has 2 rings (SSSR count). The van der Waals surface area contributed by atoms with Crippen LogP contribution in [0, 0.1) is 0 Å². The number of carboxylic acid groups (broad SMARTS) is 1. The van der Waals surface area contributed by atoms with Crippen LogP contribution < -0.4 is 0 Å². The predicted molar refractivity (Wildman–Crippen MR) is 55.5 cm³/mol. The lowest BCUT2D eigenvalue weighted by molar-refractivity contribution is -0.139. The van der Waals surface area contributed by atoms with Gasteiger partial charge in [-0.05, 0) is 17.5 Å². The number of rotatable bonds is 3. The number of fused-ring (bicyclic) bond motifs is 1. The van der Waals surface area contributed by atoms with Gasteiger partial charge in [-0.2, -0.15) is 0 Å². The van der Waals surface area contributed by atoms with Crippen molar-refractivity contribution in [2.24, 2.45) is 0 Å². The van der Waals surface area contributed by atoms with Crippen LogP contribution in [0.3, 0.4) is 0 Å². The topological polar surface area (TPSA) is 73.3 Å². The number of carbonyl (C=O) groups is 1. The molecule has 1 atom stereocenters. The van der Waals surface area contributed by atoms with E-state index in [-0.39, 0.29) is 6.42 Å². The van der Waals surface area contributed by atoms with Gasteiger partial charge in [-0.1, -0.05) is 18.2 Å². The molecule has 0 spiro atoms. The van der Waals surface area contributed by atoms with Gasteiger partial charge in [0.2, 0.25) is 0 Å². The fourth-order valence-corrected chi connectivity index (χ4v) is 1.55. The number of aliphatic carboxylic acids is 1. The summed E-state index contributed by atoms with van der Waals surface area (Å²) in [6.07, 6.45) is -1.26. The lowest BCUT2D eigenvalue weighted by Crippen LogP contribution is -2.05. The van der Waals surface area contributed by atoms with E-state index in [2.05, 4.69) is 4.98 Å². The van der Waals surface area contributed by atoms with Crippen molar-refractivity contribution in [3.8, 4) is 0 Å². The third-order valence-corrected chi connectivity index (χ3v) is 2.28. The zero-order chi connectivity index (χ0) is 10.8. The number of benzene rings is 1. The minimum Gasteiger partial charge on any atom is -0.481 e. The minimum absolute atomic E-state index is 0.285. The standard InChI is InChI=1S/C11H11NO3/c13-10(6-11(14)15)9-5-7-3-1-2-4-8(7)12-9/h1-5,10,12-13H,6H2,(H,14,15). The highest BCUT2D eigenvalue weighted by Gasteiger charge is 2.13. The average Bonchev–Trinajstić information content (AvgIpc) is 2.59. The van der Waals surface area contributed by atoms with E-state index in [9.17, 15) is 9.90 Å². The largest absolute Gasteiger partial charge is 0.481 e. The van der Waals surface area contributed by atoms with Crippen LogP contribution in [0.2, 0.25) is 0 Å². The molecular weight excluding hydrogens is 194 g/mol. The first-order chi connectivity index (χ1) is 7.16. The van der Waals surface area contributed by atoms with Gasteiger partial charge in [-0.3, -0.25) is 4.79 Å². The zero-order valence-corrected chi connectivity index (χ0v) is 7.97. The Labute approximate surface area is 86.2 Å². The molecule has 0 bridgehead atoms. The minimum atomic E-state index is -1.01. The van der Waals surface area contributed by atoms with Gasteiger partial charge in [0.15, 0.2) is 0 Å². The Morgan fingerprint density at radius 2 is 2.13 bits per heavy atom. The van der Waals surface area contributed by atoms with Crippen molar-refractivity contribution in [1.82, 2.24) is 4.98 Å². The number of aromatic amines is 1. The van der Waals surface area contributed by atoms with Crippen LogP contribution in [-0.4, -0.2) is 21.2 Å². The Bertz CT molecular complexity index is 456. The highest BCUT2D eigenvalue weighted by molar-refractivity contribution is 5.80. The molecule has 0 aliphatic carbocycles. The van der Waals surface area contributed by atoms with Gasteiger partial charge in [0.1, 0.15) is 6.10 Å². The maximum atomic E-state index is 10.4. The summed E-state index contributed by atoms with van der Waals surface area (Å²) in [6, 6.07) is 9.33. The van der Waals surface area contributed by atoms with Crippen molar-refractivity contribution in [3.63, 3.8) is 0 Å². The molecule has 2 aromatic rings. The molecule has 4 nitrogen and oxygen atoms in total. The Kier molecular flexibility index (Phi) is 2.43. The SMILES string of the molecule is O=C(O)CC(O)c1cc2ccccc2[nH]1. The Hall–Kier alpha value is -1.81. The van der Waals surface area contributed by atoms with Crippen LogP contribution in [0.5, 0.6) is 0 Å². The molecule has 1 unspecified atom stereocenters. The van der Waals surface area contributed by atoms with Crippen molar-refractivity contribution >= 4 is 16.9 Å². The first-order valence-corrected chi connectivity index (χ1v) is 4.64. The van der Waals surface area contributed by atoms with Gasteiger partial charge >= 0.3 is 5.97 Å². The number of hydrogen-bond donors (Lipinski definition) is 3. The Balaban J connectivity index is 2.32. The summed E-state index contributed by atoms with van der Waals surface area (Å²) in [6.45, 7) is 0. The number of para-hydroxylation sites is 1. The number of H-pyrrole nitrogens is 1. The van der Waals surface area contributed by atoms with Crippen LogP contribution in [0.15, 0.2) is 30.3 Å². The quantitative estimate of drug-likeness (QED) is 0.713. The Morgan fingerprint density at radius 1 is 1.40 bits per heavy atom. The second-order valence-electron chi connectivity index (χ2n) is 3.43. The summed E-state index contributed by atoms with van der Waals surface area (Å²) in [5.41, 5.74) is 1.44. The molecule has 0 radical (unpaired) electrons. The monoisotopic (exact) mass is 205 g/mol. The van der Waals surface area contributed by atoms with Gasteiger partial charge in [0.25, 0.3) is 0 Å². The lowest BCUT2D eigenvalue weighted by atomic mass is 10.2. The molecule has 1 heterocycles. The van der Waals surface area contributed by atoms with E-state index in [1.54, 1.807) is 6.07 Å². The molecule has 0 aliphatic heterocycles. The molecule has 15 heavy (non-hydrogen) atoms. The number of carboxylic acids is 1. The second-order valence-corrected chi connectivity index (χ2v) is 3.43. The fourth-order valence-electron chi connectivity index (χ4n) is 1.55. The third kappa shape index (κ3) is 1.99. The van der Waals surface area contributed by atoms with Crippen LogP contribution in [0.25, 0.3) is 10.9 Å². The molecule has 1 aromatic carbocycles. The van der Waals surface area contributed by atoms with E-state index in [1.165, 1.54) is 0 Å². The lowest BCUT2D eigenvalue weighted by Gasteiger charge is -2.03. The third-order valence-electron chi connectivity index (χ3n) is 2.28. The van der Waals surface area contributed by atoms with Gasteiger partial charge in [0, 0.05) is 11.2 Å². The molecule has 0 fully saturated rings. The number of aliphatic hydroxyl groups excluding tert-OH is 1. The van der Waals surface area contributed by atoms with Crippen LogP contribution in [-0.2, 0) is 4.79 Å². The molecular formula is C11H11NO3. The maximum absolute atomic E-state index is 10.4. The van der Waals surface area contributed by atoms with Gasteiger partial charge in [-0.15, -0.1) is 0 Å². The molecule has 0 aliphatic rings. The molecule has 78 valence electrons. The molecule has 3 N–H and O–H groups in total. The molecule has 0 amide bonds. The molecule has 0 saturated carbocycles. The second kappa shape index (κ2) is 3.74. The molecule has 4 heteroatoms. The first-order valence-electron chi connectivity index (χ1n) is 4.64. The van der Waals surface area contributed by atoms with Crippen molar-refractivity contribution in [3.05, 3.63) is 36.0 Å². The van der Waals surface area contributed by atoms with E-state index in [0.717, 1.165) is 10.9 Å². The van der Waals surface area contributed by atoms with Crippen LogP contribution in [0.1, 0.15) is 18.2 Å². The summed E-state index contributed by atoms with van der Waals surface area (Å²) in [7, 11) is 0. The van der Waals surface area contributed by atoms with Crippen molar-refractivity contribution in [2.75, 3.05) is 0 Å². The highest BCUT2D eigenvalue weighted by atomic mass is 16.4. The van der Waals surface area contributed by atoms with Crippen LogP contribution in [0.4, 0.5) is 0 Å². The van der Waals surface area contributed by atoms with Gasteiger partial charge in [0.05, 0.1) is 6.42 Å². The number of aromatic nitrogens is 1. The number of hydrogen-bond acceptors (Lipinski definition) is 2. The fraction of sp³-hybridized carbons (Fsp3) is 0.182. The Morgan fingerprint density at radius 3 is 2.80 bits per heavy atom. The average molecular weight is 205 g/mol. The number of aliphatic hydroxyl groups is 1.